The van der Waals surface area contributed by atoms with Crippen molar-refractivity contribution in [3.8, 4) is 5.88 Å². The summed E-state index contributed by atoms with van der Waals surface area (Å²) in [5.74, 6) is -1.43. The fraction of sp³-hybridized carbons (Fsp3) is 0.400. The fourth-order valence-electron chi connectivity index (χ4n) is 0.678. The van der Waals surface area contributed by atoms with E-state index in [0.717, 1.165) is 0 Å². The average Bonchev–Trinajstić information content (AvgIpc) is 2.29. The molecule has 14 heavy (non-hydrogen) atoms. The highest BCUT2D eigenvalue weighted by atomic mass is 19.4. The summed E-state index contributed by atoms with van der Waals surface area (Å²) in [5.41, 5.74) is 0. The van der Waals surface area contributed by atoms with Crippen molar-refractivity contribution in [3.05, 3.63) is 12.3 Å². The van der Waals surface area contributed by atoms with Crippen LogP contribution in [0.25, 0.3) is 0 Å². The standard InChI is InChI=1S/C5H2F6N2O/c6-4(7,8)13-3(1-2-12-13)14-5(9,10)11/h1-2H. The summed E-state index contributed by atoms with van der Waals surface area (Å²) in [6.07, 6.45) is -9.67. The Kier molecular flexibility index (Phi) is 2.34. The minimum Gasteiger partial charge on any atom is -0.388 e. The number of alkyl halides is 6. The largest absolute Gasteiger partial charge is 0.574 e. The Morgan fingerprint density at radius 3 is 2.14 bits per heavy atom. The predicted octanol–water partition coefficient (Wildman–Crippen LogP) is 2.26. The van der Waals surface area contributed by atoms with Gasteiger partial charge in [0.2, 0.25) is 5.88 Å². The second-order valence-corrected chi connectivity index (χ2v) is 2.10. The Morgan fingerprint density at radius 2 is 1.71 bits per heavy atom. The maximum Gasteiger partial charge on any atom is 0.574 e. The van der Waals surface area contributed by atoms with Gasteiger partial charge in [0.25, 0.3) is 0 Å². The Labute approximate surface area is 72.9 Å². The van der Waals surface area contributed by atoms with Crippen LogP contribution in [0, 0.1) is 0 Å². The van der Waals surface area contributed by atoms with Gasteiger partial charge in [-0.15, -0.1) is 31.0 Å². The van der Waals surface area contributed by atoms with Gasteiger partial charge in [-0.1, -0.05) is 0 Å². The van der Waals surface area contributed by atoms with Gasteiger partial charge in [-0.3, -0.25) is 0 Å². The fourth-order valence-corrected chi connectivity index (χ4v) is 0.678. The number of hydrogen-bond acceptors (Lipinski definition) is 2. The number of ether oxygens (including phenoxy) is 1. The first-order valence-corrected chi connectivity index (χ1v) is 3.07. The predicted molar refractivity (Wildman–Crippen MR) is 30.2 cm³/mol. The van der Waals surface area contributed by atoms with Gasteiger partial charge in [-0.25, -0.2) is 0 Å². The maximum absolute atomic E-state index is 11.9. The van der Waals surface area contributed by atoms with E-state index < -0.39 is 23.2 Å². The third kappa shape index (κ3) is 2.54. The zero-order valence-electron chi connectivity index (χ0n) is 6.23. The molecule has 80 valence electrons. The number of halogens is 6. The highest BCUT2D eigenvalue weighted by Gasteiger charge is 2.39. The normalized spacial score (nSPS) is 13.0. The first-order valence-electron chi connectivity index (χ1n) is 3.07. The van der Waals surface area contributed by atoms with E-state index in [2.05, 4.69) is 9.84 Å². The molecule has 0 aliphatic rings. The van der Waals surface area contributed by atoms with Crippen LogP contribution in [-0.4, -0.2) is 16.1 Å². The molecule has 0 atom stereocenters. The van der Waals surface area contributed by atoms with Crippen LogP contribution in [0.15, 0.2) is 12.3 Å². The first-order chi connectivity index (χ1) is 6.20. The zero-order valence-corrected chi connectivity index (χ0v) is 6.23. The Bertz CT molecular complexity index is 313. The SMILES string of the molecule is FC(F)(F)Oc1ccnn1C(F)(F)F. The molecule has 0 unspecified atom stereocenters. The lowest BCUT2D eigenvalue weighted by Crippen LogP contribution is -2.24. The molecule has 0 fully saturated rings. The molecule has 0 spiro atoms. The smallest absolute Gasteiger partial charge is 0.388 e. The molecule has 0 saturated carbocycles. The van der Waals surface area contributed by atoms with Gasteiger partial charge < -0.3 is 4.74 Å². The Balaban J connectivity index is 2.95. The number of rotatable bonds is 1. The van der Waals surface area contributed by atoms with Crippen molar-refractivity contribution in [2.24, 2.45) is 0 Å². The van der Waals surface area contributed by atoms with E-state index in [1.54, 1.807) is 0 Å². The molecule has 0 N–H and O–H groups in total. The number of aromatic nitrogens is 2. The third-order valence-electron chi connectivity index (χ3n) is 1.07. The summed E-state index contributed by atoms with van der Waals surface area (Å²) in [6, 6.07) is 0.459. The van der Waals surface area contributed by atoms with Crippen molar-refractivity contribution in [3.63, 3.8) is 0 Å². The van der Waals surface area contributed by atoms with Crippen LogP contribution in [0.4, 0.5) is 26.3 Å². The van der Waals surface area contributed by atoms with Crippen molar-refractivity contribution in [1.82, 2.24) is 9.78 Å². The van der Waals surface area contributed by atoms with Crippen molar-refractivity contribution >= 4 is 0 Å². The van der Waals surface area contributed by atoms with E-state index in [1.807, 2.05) is 0 Å². The second-order valence-electron chi connectivity index (χ2n) is 2.10. The molecule has 0 amide bonds. The summed E-state index contributed by atoms with van der Waals surface area (Å²) < 4.78 is 72.7. The third-order valence-corrected chi connectivity index (χ3v) is 1.07. The monoisotopic (exact) mass is 220 g/mol. The van der Waals surface area contributed by atoms with Crippen LogP contribution in [0.3, 0.4) is 0 Å². The second kappa shape index (κ2) is 3.07. The molecule has 0 radical (unpaired) electrons. The molecule has 0 aliphatic heterocycles. The van der Waals surface area contributed by atoms with Crippen molar-refractivity contribution in [2.45, 2.75) is 12.7 Å². The highest BCUT2D eigenvalue weighted by Crippen LogP contribution is 2.30. The summed E-state index contributed by atoms with van der Waals surface area (Å²) in [6.45, 7) is 0. The van der Waals surface area contributed by atoms with Crippen molar-refractivity contribution in [2.75, 3.05) is 0 Å². The topological polar surface area (TPSA) is 27.1 Å². The average molecular weight is 220 g/mol. The van der Waals surface area contributed by atoms with Crippen molar-refractivity contribution in [1.29, 1.82) is 0 Å². The van der Waals surface area contributed by atoms with Crippen LogP contribution in [0.5, 0.6) is 5.88 Å². The van der Waals surface area contributed by atoms with Crippen LogP contribution in [0.2, 0.25) is 0 Å². The van der Waals surface area contributed by atoms with Gasteiger partial charge in [0.1, 0.15) is 0 Å². The van der Waals surface area contributed by atoms with E-state index in [-0.39, 0.29) is 0 Å². The lowest BCUT2D eigenvalue weighted by atomic mass is 10.7. The summed E-state index contributed by atoms with van der Waals surface area (Å²) in [7, 11) is 0. The molecule has 0 saturated heterocycles. The molecule has 1 aromatic rings. The molecule has 0 aromatic carbocycles. The molecule has 3 nitrogen and oxygen atoms in total. The molecule has 9 heteroatoms. The molecular formula is C5H2F6N2O. The minimum atomic E-state index is -5.18. The van der Waals surface area contributed by atoms with Gasteiger partial charge in [-0.2, -0.15) is 5.10 Å². The highest BCUT2D eigenvalue weighted by molar-refractivity contribution is 5.08. The molecule has 0 aliphatic carbocycles. The maximum atomic E-state index is 11.9. The van der Waals surface area contributed by atoms with Crippen LogP contribution in [-0.2, 0) is 6.30 Å². The van der Waals surface area contributed by atoms with Gasteiger partial charge in [0, 0.05) is 6.07 Å². The van der Waals surface area contributed by atoms with Crippen LogP contribution < -0.4 is 4.74 Å². The molecule has 0 bridgehead atoms. The summed E-state index contributed by atoms with van der Waals surface area (Å²) in [5, 5.41) is 2.64. The molecule has 1 aromatic heterocycles. The van der Waals surface area contributed by atoms with Gasteiger partial charge in [0.05, 0.1) is 6.20 Å². The van der Waals surface area contributed by atoms with Gasteiger partial charge in [0.15, 0.2) is 0 Å². The van der Waals surface area contributed by atoms with Crippen molar-refractivity contribution < 1.29 is 31.1 Å². The van der Waals surface area contributed by atoms with E-state index in [0.29, 0.717) is 12.3 Å². The van der Waals surface area contributed by atoms with Gasteiger partial charge >= 0.3 is 12.7 Å². The van der Waals surface area contributed by atoms with Crippen LogP contribution in [0.1, 0.15) is 0 Å². The van der Waals surface area contributed by atoms with Gasteiger partial charge in [-0.05, 0) is 0 Å². The summed E-state index contributed by atoms with van der Waals surface area (Å²) >= 11 is 0. The van der Waals surface area contributed by atoms with E-state index in [4.69, 9.17) is 0 Å². The number of hydrogen-bond donors (Lipinski definition) is 0. The Hall–Kier alpha value is -1.41. The lowest BCUT2D eigenvalue weighted by molar-refractivity contribution is -0.285. The summed E-state index contributed by atoms with van der Waals surface area (Å²) in [4.78, 5) is 0. The first kappa shape index (κ1) is 10.7. The van der Waals surface area contributed by atoms with E-state index in [9.17, 15) is 26.3 Å². The lowest BCUT2D eigenvalue weighted by Gasteiger charge is -2.12. The molecule has 1 heterocycles. The van der Waals surface area contributed by atoms with E-state index in [1.165, 1.54) is 0 Å². The zero-order chi connectivity index (χ0) is 11.0. The van der Waals surface area contributed by atoms with E-state index >= 15 is 0 Å². The molecular weight excluding hydrogens is 218 g/mol. The Morgan fingerprint density at radius 1 is 1.14 bits per heavy atom. The quantitative estimate of drug-likeness (QED) is 0.678. The number of nitrogens with zero attached hydrogens (tertiary/aromatic N) is 2. The minimum absolute atomic E-state index is 0.459. The van der Waals surface area contributed by atoms with Crippen LogP contribution >= 0.6 is 0 Å². The molecule has 1 rings (SSSR count).